The summed E-state index contributed by atoms with van der Waals surface area (Å²) in [7, 11) is 0. The zero-order chi connectivity index (χ0) is 29.4. The molecule has 0 saturated heterocycles. The van der Waals surface area contributed by atoms with Gasteiger partial charge in [-0.15, -0.1) is 0 Å². The van der Waals surface area contributed by atoms with Crippen LogP contribution in [0.25, 0.3) is 22.2 Å². The molecule has 16 heteroatoms. The maximum Gasteiger partial charge on any atom is 0.425 e. The standard InChI is InChI=1S/C24H17F8N5O3/c1-11(40-18-9-35-36-21(38)19(18)24(30,31)32)4-14(25)10-37-3-2-12-5-16(17(26)6-15(12)22(37)39)20-33-7-13(8-34-20)23(27,28)29/h2-3,5-9,11,14H,4,10H2,1H3,(H,36,38)/t11-,14-/m0/s1. The molecule has 4 rings (SSSR count). The first kappa shape index (κ1) is 28.6. The molecule has 3 aromatic heterocycles. The van der Waals surface area contributed by atoms with Crippen LogP contribution in [0.15, 0.2) is 52.6 Å². The molecular formula is C24H17F8N5O3. The Morgan fingerprint density at radius 2 is 1.70 bits per heavy atom. The van der Waals surface area contributed by atoms with Gasteiger partial charge in [-0.3, -0.25) is 9.59 Å². The Bertz CT molecular complexity index is 1650. The third kappa shape index (κ3) is 6.10. The van der Waals surface area contributed by atoms with Gasteiger partial charge in [0.05, 0.1) is 35.4 Å². The first-order valence-corrected chi connectivity index (χ1v) is 11.3. The summed E-state index contributed by atoms with van der Waals surface area (Å²) in [4.78, 5) is 31.5. The van der Waals surface area contributed by atoms with Crippen LogP contribution >= 0.6 is 0 Å². The Balaban J connectivity index is 1.51. The zero-order valence-corrected chi connectivity index (χ0v) is 20.1. The van der Waals surface area contributed by atoms with Gasteiger partial charge < -0.3 is 9.30 Å². The molecule has 2 atom stereocenters. The van der Waals surface area contributed by atoms with Gasteiger partial charge >= 0.3 is 12.4 Å². The van der Waals surface area contributed by atoms with Crippen LogP contribution in [0.2, 0.25) is 0 Å². The molecule has 4 aromatic rings. The minimum atomic E-state index is -5.05. The number of benzene rings is 1. The average Bonchev–Trinajstić information content (AvgIpc) is 2.84. The van der Waals surface area contributed by atoms with Crippen molar-refractivity contribution in [1.82, 2.24) is 24.7 Å². The SMILES string of the molecule is C[C@@H](C[C@H](F)Cn1ccc2cc(-c3ncc(C(F)(F)F)cn3)c(F)cc2c1=O)Oc1cn[nH]c(=O)c1C(F)(F)F. The van der Waals surface area contributed by atoms with Gasteiger partial charge in [0.1, 0.15) is 12.0 Å². The van der Waals surface area contributed by atoms with Crippen LogP contribution in [-0.4, -0.2) is 37.0 Å². The second kappa shape index (κ2) is 10.7. The van der Waals surface area contributed by atoms with E-state index in [0.717, 1.165) is 16.7 Å². The number of aromatic nitrogens is 5. The molecule has 212 valence electrons. The predicted molar refractivity (Wildman–Crippen MR) is 124 cm³/mol. The molecular weight excluding hydrogens is 558 g/mol. The summed E-state index contributed by atoms with van der Waals surface area (Å²) in [6.07, 6.45) is -10.4. The second-order valence-electron chi connectivity index (χ2n) is 8.68. The van der Waals surface area contributed by atoms with Gasteiger partial charge in [0.2, 0.25) is 0 Å². The number of hydrogen-bond acceptors (Lipinski definition) is 6. The molecule has 0 aliphatic rings. The van der Waals surface area contributed by atoms with Crippen LogP contribution in [-0.2, 0) is 18.9 Å². The van der Waals surface area contributed by atoms with Crippen molar-refractivity contribution in [2.45, 2.75) is 44.5 Å². The number of nitrogens with zero attached hydrogens (tertiary/aromatic N) is 4. The van der Waals surface area contributed by atoms with Gasteiger partial charge in [0.25, 0.3) is 11.1 Å². The normalized spacial score (nSPS) is 13.8. The minimum absolute atomic E-state index is 0.170. The van der Waals surface area contributed by atoms with Gasteiger partial charge in [-0.2, -0.15) is 31.4 Å². The van der Waals surface area contributed by atoms with Gasteiger partial charge in [-0.25, -0.2) is 23.8 Å². The molecule has 0 aliphatic carbocycles. The monoisotopic (exact) mass is 575 g/mol. The highest BCUT2D eigenvalue weighted by Crippen LogP contribution is 2.33. The van der Waals surface area contributed by atoms with Crippen molar-refractivity contribution in [1.29, 1.82) is 0 Å². The van der Waals surface area contributed by atoms with E-state index in [1.807, 2.05) is 0 Å². The highest BCUT2D eigenvalue weighted by Gasteiger charge is 2.38. The summed E-state index contributed by atoms with van der Waals surface area (Å²) in [6.45, 7) is 0.699. The van der Waals surface area contributed by atoms with Crippen LogP contribution in [0.4, 0.5) is 35.1 Å². The van der Waals surface area contributed by atoms with Crippen molar-refractivity contribution >= 4 is 10.8 Å². The number of ether oxygens (including phenoxy) is 1. The molecule has 0 amide bonds. The number of H-pyrrole nitrogens is 1. The lowest BCUT2D eigenvalue weighted by molar-refractivity contribution is -0.140. The molecule has 0 spiro atoms. The van der Waals surface area contributed by atoms with E-state index in [9.17, 15) is 44.7 Å². The number of hydrogen-bond donors (Lipinski definition) is 1. The number of halogens is 8. The molecule has 0 fully saturated rings. The Kier molecular flexibility index (Phi) is 7.63. The van der Waals surface area contributed by atoms with Crippen molar-refractivity contribution in [3.05, 3.63) is 80.6 Å². The lowest BCUT2D eigenvalue weighted by Crippen LogP contribution is -2.29. The average molecular weight is 575 g/mol. The van der Waals surface area contributed by atoms with Crippen molar-refractivity contribution in [3.63, 3.8) is 0 Å². The van der Waals surface area contributed by atoms with Crippen molar-refractivity contribution in [3.8, 4) is 17.1 Å². The molecule has 0 saturated carbocycles. The van der Waals surface area contributed by atoms with Gasteiger partial charge in [-0.1, -0.05) is 0 Å². The molecule has 0 aliphatic heterocycles. The largest absolute Gasteiger partial charge is 0.488 e. The number of nitrogens with one attached hydrogen (secondary N) is 1. The summed E-state index contributed by atoms with van der Waals surface area (Å²) in [5, 5.41) is 4.91. The molecule has 1 aromatic carbocycles. The van der Waals surface area contributed by atoms with Crippen LogP contribution in [0.3, 0.4) is 0 Å². The molecule has 0 radical (unpaired) electrons. The van der Waals surface area contributed by atoms with Gasteiger partial charge in [0.15, 0.2) is 17.1 Å². The summed E-state index contributed by atoms with van der Waals surface area (Å²) in [5.74, 6) is -2.24. The van der Waals surface area contributed by atoms with E-state index >= 15 is 0 Å². The summed E-state index contributed by atoms with van der Waals surface area (Å²) >= 11 is 0. The quantitative estimate of drug-likeness (QED) is 0.314. The van der Waals surface area contributed by atoms with Crippen LogP contribution in [0.1, 0.15) is 24.5 Å². The smallest absolute Gasteiger partial charge is 0.425 e. The highest BCUT2D eigenvalue weighted by atomic mass is 19.4. The Labute approximate surface area is 218 Å². The number of fused-ring (bicyclic) bond motifs is 1. The maximum atomic E-state index is 14.8. The second-order valence-corrected chi connectivity index (χ2v) is 8.68. The van der Waals surface area contributed by atoms with Crippen LogP contribution in [0.5, 0.6) is 5.75 Å². The molecule has 0 bridgehead atoms. The van der Waals surface area contributed by atoms with Crippen LogP contribution in [0, 0.1) is 5.82 Å². The van der Waals surface area contributed by atoms with Crippen molar-refractivity contribution in [2.75, 3.05) is 0 Å². The first-order chi connectivity index (χ1) is 18.6. The van der Waals surface area contributed by atoms with E-state index in [4.69, 9.17) is 4.74 Å². The third-order valence-corrected chi connectivity index (χ3v) is 5.70. The van der Waals surface area contributed by atoms with Gasteiger partial charge in [-0.05, 0) is 30.5 Å². The number of aromatic amines is 1. The highest BCUT2D eigenvalue weighted by molar-refractivity contribution is 5.85. The summed E-state index contributed by atoms with van der Waals surface area (Å²) in [5.41, 5.74) is -5.35. The summed E-state index contributed by atoms with van der Waals surface area (Å²) < 4.78 is 113. The fourth-order valence-corrected chi connectivity index (χ4v) is 3.89. The molecule has 0 unspecified atom stereocenters. The zero-order valence-electron chi connectivity index (χ0n) is 20.1. The number of alkyl halides is 7. The third-order valence-electron chi connectivity index (χ3n) is 5.70. The van der Waals surface area contributed by atoms with E-state index in [1.54, 1.807) is 5.10 Å². The van der Waals surface area contributed by atoms with E-state index < -0.39 is 71.4 Å². The van der Waals surface area contributed by atoms with Crippen molar-refractivity contribution in [2.24, 2.45) is 0 Å². The summed E-state index contributed by atoms with van der Waals surface area (Å²) in [6, 6.07) is 3.33. The van der Waals surface area contributed by atoms with E-state index in [2.05, 4.69) is 15.1 Å². The maximum absolute atomic E-state index is 14.8. The topological polar surface area (TPSA) is 103 Å². The molecule has 3 heterocycles. The van der Waals surface area contributed by atoms with Gasteiger partial charge in [0, 0.05) is 25.0 Å². The van der Waals surface area contributed by atoms with E-state index in [-0.39, 0.29) is 22.2 Å². The minimum Gasteiger partial charge on any atom is -0.488 e. The fourth-order valence-electron chi connectivity index (χ4n) is 3.89. The van der Waals surface area contributed by atoms with Crippen LogP contribution < -0.4 is 15.9 Å². The predicted octanol–water partition coefficient (Wildman–Crippen LogP) is 4.91. The lowest BCUT2D eigenvalue weighted by atomic mass is 10.1. The number of pyridine rings is 1. The first-order valence-electron chi connectivity index (χ1n) is 11.3. The molecule has 8 nitrogen and oxygen atoms in total. The molecule has 40 heavy (non-hydrogen) atoms. The fraction of sp³-hybridized carbons (Fsp3) is 0.292. The van der Waals surface area contributed by atoms with E-state index in [1.165, 1.54) is 19.2 Å². The Morgan fingerprint density at radius 3 is 2.33 bits per heavy atom. The Morgan fingerprint density at radius 1 is 1.02 bits per heavy atom. The van der Waals surface area contributed by atoms with E-state index in [0.29, 0.717) is 18.6 Å². The van der Waals surface area contributed by atoms with Crippen molar-refractivity contribution < 1.29 is 39.9 Å². The lowest BCUT2D eigenvalue weighted by Gasteiger charge is -2.19. The number of rotatable bonds is 7. The molecule has 1 N–H and O–H groups in total. The Hall–Kier alpha value is -4.37.